The van der Waals surface area contributed by atoms with Gasteiger partial charge in [-0.05, 0) is 32.4 Å². The quantitative estimate of drug-likeness (QED) is 0.557. The van der Waals surface area contributed by atoms with Gasteiger partial charge in [0.05, 0.1) is 13.2 Å². The molecule has 4 nitrogen and oxygen atoms in total. The minimum absolute atomic E-state index is 0.0184. The third kappa shape index (κ3) is 5.11. The van der Waals surface area contributed by atoms with Gasteiger partial charge >= 0.3 is 7.60 Å². The lowest BCUT2D eigenvalue weighted by molar-refractivity contribution is 0.101. The molecule has 0 saturated heterocycles. The van der Waals surface area contributed by atoms with Crippen LogP contribution in [0.25, 0.3) is 6.08 Å². The summed E-state index contributed by atoms with van der Waals surface area (Å²) in [7, 11) is -3.16. The topological polar surface area (TPSA) is 52.6 Å². The van der Waals surface area contributed by atoms with Crippen molar-refractivity contribution in [2.24, 2.45) is 0 Å². The van der Waals surface area contributed by atoms with Crippen LogP contribution in [0, 0.1) is 0 Å². The van der Waals surface area contributed by atoms with Crippen LogP contribution in [0.4, 0.5) is 0 Å². The molecule has 0 fully saturated rings. The van der Waals surface area contributed by atoms with Crippen molar-refractivity contribution in [1.82, 2.24) is 0 Å². The van der Waals surface area contributed by atoms with E-state index in [1.807, 2.05) is 0 Å². The van der Waals surface area contributed by atoms with Crippen LogP contribution in [0.5, 0.6) is 0 Å². The summed E-state index contributed by atoms with van der Waals surface area (Å²) in [6, 6.07) is 7.04. The molecular weight excluding hydrogens is 263 g/mol. The molecule has 0 atom stereocenters. The van der Waals surface area contributed by atoms with Gasteiger partial charge in [-0.2, -0.15) is 0 Å². The van der Waals surface area contributed by atoms with Crippen LogP contribution in [0.3, 0.4) is 0 Å². The van der Waals surface area contributed by atoms with Gasteiger partial charge in [0.15, 0.2) is 5.78 Å². The zero-order chi connectivity index (χ0) is 14.3. The van der Waals surface area contributed by atoms with Gasteiger partial charge in [0.25, 0.3) is 0 Å². The number of hydrogen-bond donors (Lipinski definition) is 0. The Kier molecular flexibility index (Phi) is 6.16. The molecule has 0 aliphatic carbocycles. The second kappa shape index (κ2) is 7.39. The molecule has 19 heavy (non-hydrogen) atoms. The molecule has 0 aromatic heterocycles. The smallest absolute Gasteiger partial charge is 0.306 e. The SMILES string of the molecule is CCOP(=O)(/C=C/c1ccc(C(C)=O)cc1)OCC. The van der Waals surface area contributed by atoms with Crippen molar-refractivity contribution in [2.75, 3.05) is 13.2 Å². The van der Waals surface area contributed by atoms with E-state index in [4.69, 9.17) is 9.05 Å². The van der Waals surface area contributed by atoms with Gasteiger partial charge in [-0.25, -0.2) is 0 Å². The molecule has 0 heterocycles. The van der Waals surface area contributed by atoms with E-state index >= 15 is 0 Å². The van der Waals surface area contributed by atoms with E-state index in [1.54, 1.807) is 44.2 Å². The Labute approximate surface area is 114 Å². The zero-order valence-electron chi connectivity index (χ0n) is 11.5. The van der Waals surface area contributed by atoms with Gasteiger partial charge in [-0.3, -0.25) is 9.36 Å². The van der Waals surface area contributed by atoms with Crippen molar-refractivity contribution in [3.8, 4) is 0 Å². The monoisotopic (exact) mass is 282 g/mol. The number of hydrogen-bond acceptors (Lipinski definition) is 4. The molecule has 5 heteroatoms. The average Bonchev–Trinajstić information content (AvgIpc) is 2.37. The first-order valence-corrected chi connectivity index (χ1v) is 7.81. The number of carbonyl (C=O) groups is 1. The van der Waals surface area contributed by atoms with Crippen molar-refractivity contribution in [3.63, 3.8) is 0 Å². The van der Waals surface area contributed by atoms with Gasteiger partial charge in [0.1, 0.15) is 0 Å². The summed E-state index contributed by atoms with van der Waals surface area (Å²) in [5, 5.41) is 0. The molecule has 0 amide bonds. The second-order valence-corrected chi connectivity index (χ2v) is 5.76. The van der Waals surface area contributed by atoms with E-state index < -0.39 is 7.60 Å². The minimum atomic E-state index is -3.16. The Morgan fingerprint density at radius 2 is 1.68 bits per heavy atom. The minimum Gasteiger partial charge on any atom is -0.306 e. The van der Waals surface area contributed by atoms with Crippen molar-refractivity contribution >= 4 is 19.5 Å². The van der Waals surface area contributed by atoms with Crippen LogP contribution in [-0.2, 0) is 13.6 Å². The lowest BCUT2D eigenvalue weighted by atomic mass is 10.1. The van der Waals surface area contributed by atoms with E-state index in [9.17, 15) is 9.36 Å². The average molecular weight is 282 g/mol. The molecule has 0 saturated carbocycles. The molecule has 0 N–H and O–H groups in total. The lowest BCUT2D eigenvalue weighted by Gasteiger charge is -2.12. The molecule has 0 radical (unpaired) electrons. The molecule has 0 aliphatic rings. The molecule has 1 rings (SSSR count). The molecule has 0 spiro atoms. The van der Waals surface area contributed by atoms with Crippen molar-refractivity contribution < 1.29 is 18.4 Å². The first-order chi connectivity index (χ1) is 9.00. The van der Waals surface area contributed by atoms with Gasteiger partial charge in [0.2, 0.25) is 0 Å². The van der Waals surface area contributed by atoms with E-state index in [0.29, 0.717) is 18.8 Å². The fraction of sp³-hybridized carbons (Fsp3) is 0.357. The van der Waals surface area contributed by atoms with Crippen LogP contribution in [0.2, 0.25) is 0 Å². The molecule has 1 aromatic carbocycles. The first-order valence-electron chi connectivity index (χ1n) is 6.19. The van der Waals surface area contributed by atoms with Gasteiger partial charge in [0, 0.05) is 11.4 Å². The first kappa shape index (κ1) is 15.8. The predicted molar refractivity (Wildman–Crippen MR) is 76.3 cm³/mol. The van der Waals surface area contributed by atoms with Crippen LogP contribution in [0.15, 0.2) is 30.1 Å². The summed E-state index contributed by atoms with van der Waals surface area (Å²) in [4.78, 5) is 11.1. The molecule has 1 aromatic rings. The van der Waals surface area contributed by atoms with Crippen molar-refractivity contribution in [1.29, 1.82) is 0 Å². The van der Waals surface area contributed by atoms with E-state index in [-0.39, 0.29) is 5.78 Å². The van der Waals surface area contributed by atoms with E-state index in [1.165, 1.54) is 12.7 Å². The molecular formula is C14H19O4P. The van der Waals surface area contributed by atoms with Crippen LogP contribution >= 0.6 is 7.60 Å². The normalized spacial score (nSPS) is 11.9. The van der Waals surface area contributed by atoms with Crippen LogP contribution < -0.4 is 0 Å². The molecule has 104 valence electrons. The number of carbonyl (C=O) groups excluding carboxylic acids is 1. The maximum absolute atomic E-state index is 12.2. The van der Waals surface area contributed by atoms with Gasteiger partial charge in [-0.15, -0.1) is 0 Å². The van der Waals surface area contributed by atoms with Gasteiger partial charge in [-0.1, -0.05) is 24.3 Å². The summed E-state index contributed by atoms with van der Waals surface area (Å²) in [5.74, 6) is 1.47. The maximum Gasteiger partial charge on any atom is 0.354 e. The Balaban J connectivity index is 2.84. The van der Waals surface area contributed by atoms with Gasteiger partial charge < -0.3 is 9.05 Å². The highest BCUT2D eigenvalue weighted by atomic mass is 31.2. The summed E-state index contributed by atoms with van der Waals surface area (Å²) in [6.07, 6.45) is 1.68. The highest BCUT2D eigenvalue weighted by Gasteiger charge is 2.18. The zero-order valence-corrected chi connectivity index (χ0v) is 12.4. The summed E-state index contributed by atoms with van der Waals surface area (Å²) >= 11 is 0. The Morgan fingerprint density at radius 3 is 2.11 bits per heavy atom. The summed E-state index contributed by atoms with van der Waals surface area (Å²) < 4.78 is 22.5. The van der Waals surface area contributed by atoms with Crippen molar-refractivity contribution in [2.45, 2.75) is 20.8 Å². The fourth-order valence-corrected chi connectivity index (χ4v) is 2.81. The molecule has 0 aliphatic heterocycles. The predicted octanol–water partition coefficient (Wildman–Crippen LogP) is 4.13. The second-order valence-electron chi connectivity index (χ2n) is 3.87. The third-order valence-electron chi connectivity index (χ3n) is 2.38. The maximum atomic E-state index is 12.2. The summed E-state index contributed by atoms with van der Waals surface area (Å²) in [6.45, 7) is 5.70. The Bertz CT molecular complexity index is 481. The number of rotatable bonds is 7. The highest BCUT2D eigenvalue weighted by Crippen LogP contribution is 2.50. The van der Waals surface area contributed by atoms with Crippen molar-refractivity contribution in [3.05, 3.63) is 41.2 Å². The largest absolute Gasteiger partial charge is 0.354 e. The van der Waals surface area contributed by atoms with Crippen LogP contribution in [0.1, 0.15) is 36.7 Å². The lowest BCUT2D eigenvalue weighted by Crippen LogP contribution is -1.93. The molecule has 0 unspecified atom stereocenters. The summed E-state index contributed by atoms with van der Waals surface area (Å²) in [5.41, 5.74) is 1.49. The standard InChI is InChI=1S/C14H19O4P/c1-4-17-19(16,18-5-2)11-10-13-6-8-14(9-7-13)12(3)15/h6-11H,4-5H2,1-3H3/b11-10+. The highest BCUT2D eigenvalue weighted by molar-refractivity contribution is 7.57. The molecule has 0 bridgehead atoms. The third-order valence-corrected chi connectivity index (χ3v) is 4.14. The number of Topliss-reactive ketones (excluding diaryl/α,β-unsaturated/α-hetero) is 1. The Morgan fingerprint density at radius 1 is 1.16 bits per heavy atom. The van der Waals surface area contributed by atoms with E-state index in [2.05, 4.69) is 0 Å². The number of ketones is 1. The number of benzene rings is 1. The van der Waals surface area contributed by atoms with Crippen LogP contribution in [-0.4, -0.2) is 19.0 Å². The fourth-order valence-electron chi connectivity index (χ4n) is 1.49. The Hall–Kier alpha value is -1.22. The van der Waals surface area contributed by atoms with E-state index in [0.717, 1.165) is 5.56 Å².